The van der Waals surface area contributed by atoms with Crippen LogP contribution in [0.1, 0.15) is 20.8 Å². The Morgan fingerprint density at radius 2 is 1.89 bits per heavy atom. The van der Waals surface area contributed by atoms with E-state index in [0.29, 0.717) is 0 Å². The van der Waals surface area contributed by atoms with Crippen molar-refractivity contribution in [2.24, 2.45) is 0 Å². The highest BCUT2D eigenvalue weighted by molar-refractivity contribution is 5.39. The van der Waals surface area contributed by atoms with Crippen LogP contribution in [-0.4, -0.2) is 29.4 Å². The molecule has 0 saturated carbocycles. The second-order valence-electron chi connectivity index (χ2n) is 4.37. The molecule has 1 rings (SSSR count). The van der Waals surface area contributed by atoms with E-state index in [9.17, 15) is 8.78 Å². The first kappa shape index (κ1) is 17.3. The van der Waals surface area contributed by atoms with Crippen LogP contribution in [0, 0.1) is 11.8 Å². The quantitative estimate of drug-likeness (QED) is 0.678. The second-order valence-corrected chi connectivity index (χ2v) is 4.37. The number of nitrogens with zero attached hydrogens (tertiary/aromatic N) is 1. The summed E-state index contributed by atoms with van der Waals surface area (Å²) in [7, 11) is 1.00. The predicted molar refractivity (Wildman–Crippen MR) is 68.4 cm³/mol. The number of hydrogen-bond donors (Lipinski definition) is 1. The van der Waals surface area contributed by atoms with Crippen molar-refractivity contribution in [3.8, 4) is 11.5 Å². The molecule has 1 heterocycles. The van der Waals surface area contributed by atoms with E-state index in [-0.39, 0.29) is 18.1 Å². The number of halogens is 2. The molecule has 6 heteroatoms. The minimum atomic E-state index is -0.910. The molecule has 19 heavy (non-hydrogen) atoms. The van der Waals surface area contributed by atoms with Crippen molar-refractivity contribution in [3.63, 3.8) is 0 Å². The van der Waals surface area contributed by atoms with E-state index in [1.165, 1.54) is 6.08 Å². The molecular weight excluding hydrogens is 256 g/mol. The Bertz CT molecular complexity index is 417. The first-order chi connectivity index (χ1) is 8.85. The summed E-state index contributed by atoms with van der Waals surface area (Å²) in [6.07, 6.45) is 2.18. The standard InChI is InChI=1S/C12H15F2NO2.CH4O/c1-5-6-16-10-9(17-12(2,3)4)8(13)7-15-11(10)14;1-2/h5,7H,1,6H2,2-4H3;2H,1H3. The van der Waals surface area contributed by atoms with Crippen molar-refractivity contribution >= 4 is 0 Å². The lowest BCUT2D eigenvalue weighted by molar-refractivity contribution is 0.115. The van der Waals surface area contributed by atoms with Crippen LogP contribution in [0.25, 0.3) is 0 Å². The van der Waals surface area contributed by atoms with Crippen molar-refractivity contribution in [3.05, 3.63) is 30.6 Å². The van der Waals surface area contributed by atoms with Gasteiger partial charge in [0, 0.05) is 7.11 Å². The summed E-state index contributed by atoms with van der Waals surface area (Å²) in [5.74, 6) is -2.28. The fourth-order valence-electron chi connectivity index (χ4n) is 1.10. The monoisotopic (exact) mass is 275 g/mol. The molecule has 0 saturated heterocycles. The van der Waals surface area contributed by atoms with Crippen LogP contribution < -0.4 is 9.47 Å². The third-order valence-electron chi connectivity index (χ3n) is 1.66. The van der Waals surface area contributed by atoms with Crippen LogP contribution in [0.2, 0.25) is 0 Å². The van der Waals surface area contributed by atoms with Crippen molar-refractivity contribution < 1.29 is 23.4 Å². The zero-order valence-corrected chi connectivity index (χ0v) is 11.5. The lowest BCUT2D eigenvalue weighted by atomic mass is 10.2. The van der Waals surface area contributed by atoms with Gasteiger partial charge in [0.05, 0.1) is 6.20 Å². The van der Waals surface area contributed by atoms with E-state index in [1.807, 2.05) is 0 Å². The normalized spacial score (nSPS) is 10.3. The molecular formula is C13H19F2NO3. The third kappa shape index (κ3) is 5.65. The average Bonchev–Trinajstić information content (AvgIpc) is 2.34. The second kappa shape index (κ2) is 7.68. The summed E-state index contributed by atoms with van der Waals surface area (Å²) in [5.41, 5.74) is -0.666. The Morgan fingerprint density at radius 3 is 2.37 bits per heavy atom. The van der Waals surface area contributed by atoms with Gasteiger partial charge in [-0.05, 0) is 20.8 Å². The van der Waals surface area contributed by atoms with Gasteiger partial charge in [-0.1, -0.05) is 12.7 Å². The summed E-state index contributed by atoms with van der Waals surface area (Å²) in [6.45, 7) is 8.65. The Morgan fingerprint density at radius 1 is 1.32 bits per heavy atom. The molecule has 0 atom stereocenters. The molecule has 0 amide bonds. The van der Waals surface area contributed by atoms with Gasteiger partial charge < -0.3 is 14.6 Å². The highest BCUT2D eigenvalue weighted by atomic mass is 19.1. The van der Waals surface area contributed by atoms with Crippen molar-refractivity contribution in [2.75, 3.05) is 13.7 Å². The van der Waals surface area contributed by atoms with E-state index in [1.54, 1.807) is 20.8 Å². The summed E-state index contributed by atoms with van der Waals surface area (Å²) in [5, 5.41) is 7.00. The van der Waals surface area contributed by atoms with E-state index < -0.39 is 17.4 Å². The van der Waals surface area contributed by atoms with E-state index in [4.69, 9.17) is 14.6 Å². The van der Waals surface area contributed by atoms with Gasteiger partial charge in [0.1, 0.15) is 12.2 Å². The molecule has 0 spiro atoms. The zero-order valence-electron chi connectivity index (χ0n) is 11.5. The fourth-order valence-corrected chi connectivity index (χ4v) is 1.10. The topological polar surface area (TPSA) is 51.6 Å². The number of hydrogen-bond acceptors (Lipinski definition) is 4. The van der Waals surface area contributed by atoms with Crippen molar-refractivity contribution in [1.29, 1.82) is 0 Å². The summed E-state index contributed by atoms with van der Waals surface area (Å²) in [4.78, 5) is 3.24. The molecule has 0 unspecified atom stereocenters. The molecule has 0 bridgehead atoms. The number of aliphatic hydroxyl groups excluding tert-OH is 1. The van der Waals surface area contributed by atoms with Gasteiger partial charge in [0.2, 0.25) is 11.5 Å². The number of aromatic nitrogens is 1. The molecule has 0 aliphatic carbocycles. The molecule has 1 N–H and O–H groups in total. The molecule has 0 aliphatic rings. The van der Waals surface area contributed by atoms with Gasteiger partial charge in [-0.3, -0.25) is 0 Å². The van der Waals surface area contributed by atoms with Gasteiger partial charge in [0.15, 0.2) is 5.82 Å². The number of ether oxygens (including phenoxy) is 2. The Labute approximate surface area is 111 Å². The minimum Gasteiger partial charge on any atom is -0.482 e. The number of aliphatic hydroxyl groups is 1. The van der Waals surface area contributed by atoms with Crippen LogP contribution in [0.15, 0.2) is 18.9 Å². The van der Waals surface area contributed by atoms with Crippen LogP contribution in [0.4, 0.5) is 8.78 Å². The lowest BCUT2D eigenvalue weighted by Crippen LogP contribution is -2.24. The molecule has 1 aromatic rings. The summed E-state index contributed by atoms with van der Waals surface area (Å²) >= 11 is 0. The molecule has 0 fully saturated rings. The van der Waals surface area contributed by atoms with Gasteiger partial charge in [0.25, 0.3) is 5.95 Å². The average molecular weight is 275 g/mol. The molecule has 0 aliphatic heterocycles. The molecule has 0 aromatic carbocycles. The smallest absolute Gasteiger partial charge is 0.259 e. The van der Waals surface area contributed by atoms with Crippen LogP contribution in [0.3, 0.4) is 0 Å². The largest absolute Gasteiger partial charge is 0.482 e. The molecule has 108 valence electrons. The van der Waals surface area contributed by atoms with Crippen LogP contribution >= 0.6 is 0 Å². The molecule has 4 nitrogen and oxygen atoms in total. The maximum atomic E-state index is 13.5. The highest BCUT2D eigenvalue weighted by Crippen LogP contribution is 2.34. The van der Waals surface area contributed by atoms with Gasteiger partial charge in [-0.2, -0.15) is 4.39 Å². The summed E-state index contributed by atoms with van der Waals surface area (Å²) in [6, 6.07) is 0. The van der Waals surface area contributed by atoms with Crippen LogP contribution in [0.5, 0.6) is 11.5 Å². The van der Waals surface area contributed by atoms with Gasteiger partial charge >= 0.3 is 0 Å². The number of rotatable bonds is 4. The lowest BCUT2D eigenvalue weighted by Gasteiger charge is -2.23. The fraction of sp³-hybridized carbons (Fsp3) is 0.462. The first-order valence-corrected chi connectivity index (χ1v) is 5.56. The molecule has 1 aromatic heterocycles. The van der Waals surface area contributed by atoms with Gasteiger partial charge in [-0.25, -0.2) is 9.37 Å². The number of pyridine rings is 1. The highest BCUT2D eigenvalue weighted by Gasteiger charge is 2.23. The molecule has 0 radical (unpaired) electrons. The maximum absolute atomic E-state index is 13.5. The van der Waals surface area contributed by atoms with Crippen LogP contribution in [-0.2, 0) is 0 Å². The Kier molecular flexibility index (Phi) is 7.00. The van der Waals surface area contributed by atoms with E-state index in [0.717, 1.165) is 13.3 Å². The predicted octanol–water partition coefficient (Wildman–Crippen LogP) is 2.71. The van der Waals surface area contributed by atoms with Crippen molar-refractivity contribution in [2.45, 2.75) is 26.4 Å². The van der Waals surface area contributed by atoms with Gasteiger partial charge in [-0.15, -0.1) is 0 Å². The zero-order chi connectivity index (χ0) is 15.1. The third-order valence-corrected chi connectivity index (χ3v) is 1.66. The van der Waals surface area contributed by atoms with E-state index in [2.05, 4.69) is 11.6 Å². The van der Waals surface area contributed by atoms with Crippen molar-refractivity contribution in [1.82, 2.24) is 4.98 Å². The van der Waals surface area contributed by atoms with E-state index >= 15 is 0 Å². The minimum absolute atomic E-state index is 0.0442. The Balaban J connectivity index is 0.00000154. The maximum Gasteiger partial charge on any atom is 0.259 e. The first-order valence-electron chi connectivity index (χ1n) is 5.56. The Hall–Kier alpha value is -1.69. The SMILES string of the molecule is C=CCOc1c(F)ncc(F)c1OC(C)(C)C.CO. The summed E-state index contributed by atoms with van der Waals surface area (Å²) < 4.78 is 37.3.